The summed E-state index contributed by atoms with van der Waals surface area (Å²) in [5.41, 5.74) is -4.68. The Kier molecular flexibility index (Phi) is 4.93. The lowest BCUT2D eigenvalue weighted by atomic mass is 9.94. The van der Waals surface area contributed by atoms with Crippen LogP contribution >= 0.6 is 0 Å². The second-order valence-corrected chi connectivity index (χ2v) is 4.34. The van der Waals surface area contributed by atoms with E-state index in [0.717, 1.165) is 29.6 Å². The van der Waals surface area contributed by atoms with Crippen LogP contribution in [0.4, 0.5) is 41.2 Å². The van der Waals surface area contributed by atoms with Crippen LogP contribution in [0.15, 0.2) is 24.3 Å². The molecule has 2 N–H and O–H groups in total. The first kappa shape index (κ1) is 18.1. The van der Waals surface area contributed by atoms with Crippen molar-refractivity contribution in [3.63, 3.8) is 0 Å². The van der Waals surface area contributed by atoms with E-state index < -0.39 is 36.2 Å². The van der Waals surface area contributed by atoms with Crippen LogP contribution in [0, 0.1) is 5.82 Å². The van der Waals surface area contributed by atoms with Gasteiger partial charge in [-0.25, -0.2) is 9.18 Å². The fourth-order valence-electron chi connectivity index (χ4n) is 1.71. The summed E-state index contributed by atoms with van der Waals surface area (Å²) >= 11 is 0. The summed E-state index contributed by atoms with van der Waals surface area (Å²) in [7, 11) is 0. The summed E-state index contributed by atoms with van der Waals surface area (Å²) in [4.78, 5) is 11.4. The largest absolute Gasteiger partial charge is 0.420 e. The number of nitrogens with one attached hydrogen (secondary N) is 2. The molecule has 124 valence electrons. The zero-order valence-corrected chi connectivity index (χ0v) is 11.1. The SMILES string of the molecule is CCC(NC(=O)Nc1cccc(F)c1)(C(F)(F)F)C(F)(F)F. The topological polar surface area (TPSA) is 41.1 Å². The van der Waals surface area contributed by atoms with Gasteiger partial charge in [-0.05, 0) is 24.6 Å². The number of amides is 2. The van der Waals surface area contributed by atoms with E-state index in [1.54, 1.807) is 5.32 Å². The van der Waals surface area contributed by atoms with Crippen LogP contribution in [-0.2, 0) is 0 Å². The summed E-state index contributed by atoms with van der Waals surface area (Å²) in [6.07, 6.45) is -12.9. The van der Waals surface area contributed by atoms with Gasteiger partial charge in [0.25, 0.3) is 0 Å². The maximum atomic E-state index is 12.9. The van der Waals surface area contributed by atoms with E-state index in [2.05, 4.69) is 0 Å². The van der Waals surface area contributed by atoms with Gasteiger partial charge in [-0.1, -0.05) is 13.0 Å². The van der Waals surface area contributed by atoms with Crippen molar-refractivity contribution < 1.29 is 35.5 Å². The van der Waals surface area contributed by atoms with Crippen LogP contribution in [0.25, 0.3) is 0 Å². The molecule has 0 aliphatic heterocycles. The number of halogens is 7. The standard InChI is InChI=1S/C12H11F7N2O/c1-2-10(11(14,15)16,12(17,18)19)21-9(22)20-8-5-3-4-7(13)6-8/h3-6H,2H2,1H3,(H2,20,21,22). The maximum absolute atomic E-state index is 12.9. The van der Waals surface area contributed by atoms with Gasteiger partial charge in [-0.2, -0.15) is 26.3 Å². The van der Waals surface area contributed by atoms with Crippen LogP contribution in [0.2, 0.25) is 0 Å². The zero-order chi connectivity index (χ0) is 17.2. The van der Waals surface area contributed by atoms with Crippen molar-refractivity contribution in [2.45, 2.75) is 31.2 Å². The van der Waals surface area contributed by atoms with Crippen LogP contribution in [0.3, 0.4) is 0 Å². The highest BCUT2D eigenvalue weighted by atomic mass is 19.4. The van der Waals surface area contributed by atoms with Gasteiger partial charge in [0.1, 0.15) is 5.82 Å². The van der Waals surface area contributed by atoms with Crippen LogP contribution < -0.4 is 10.6 Å². The average molecular weight is 332 g/mol. The van der Waals surface area contributed by atoms with Crippen LogP contribution in [-0.4, -0.2) is 23.9 Å². The third kappa shape index (κ3) is 3.60. The number of carbonyl (C=O) groups is 1. The molecule has 2 amide bonds. The molecule has 0 saturated heterocycles. The number of carbonyl (C=O) groups excluding carboxylic acids is 1. The van der Waals surface area contributed by atoms with Gasteiger partial charge in [-0.15, -0.1) is 0 Å². The first-order valence-corrected chi connectivity index (χ1v) is 5.91. The summed E-state index contributed by atoms with van der Waals surface area (Å²) in [6.45, 7) is 0.642. The predicted octanol–water partition coefficient (Wildman–Crippen LogP) is 4.22. The van der Waals surface area contributed by atoms with Crippen LogP contribution in [0.5, 0.6) is 0 Å². The number of rotatable bonds is 3. The number of hydrogen-bond acceptors (Lipinski definition) is 1. The van der Waals surface area contributed by atoms with Gasteiger partial charge in [0.15, 0.2) is 0 Å². The minimum atomic E-state index is -5.75. The summed E-state index contributed by atoms with van der Waals surface area (Å²) < 4.78 is 89.7. The molecule has 1 rings (SSSR count). The maximum Gasteiger partial charge on any atom is 0.420 e. The molecule has 0 radical (unpaired) electrons. The molecule has 1 aromatic carbocycles. The van der Waals surface area contributed by atoms with Gasteiger partial charge in [0, 0.05) is 5.69 Å². The van der Waals surface area contributed by atoms with Gasteiger partial charge in [0.2, 0.25) is 5.54 Å². The lowest BCUT2D eigenvalue weighted by Crippen LogP contribution is -2.67. The molecule has 0 aromatic heterocycles. The first-order chi connectivity index (χ1) is 9.93. The molecule has 3 nitrogen and oxygen atoms in total. The van der Waals surface area contributed by atoms with E-state index in [1.807, 2.05) is 0 Å². The van der Waals surface area contributed by atoms with E-state index in [9.17, 15) is 35.5 Å². The minimum absolute atomic E-state index is 0.285. The molecule has 0 atom stereocenters. The molecule has 0 heterocycles. The van der Waals surface area contributed by atoms with Crippen molar-refractivity contribution in [1.82, 2.24) is 5.32 Å². The predicted molar refractivity (Wildman–Crippen MR) is 63.7 cm³/mol. The molecule has 0 aliphatic carbocycles. The second-order valence-electron chi connectivity index (χ2n) is 4.34. The zero-order valence-electron chi connectivity index (χ0n) is 11.1. The monoisotopic (exact) mass is 332 g/mol. The summed E-state index contributed by atoms with van der Waals surface area (Å²) in [5, 5.41) is 2.63. The number of alkyl halides is 6. The number of anilines is 1. The highest BCUT2D eigenvalue weighted by Crippen LogP contribution is 2.45. The molecule has 0 aliphatic rings. The molecular weight excluding hydrogens is 321 g/mol. The van der Waals surface area contributed by atoms with Gasteiger partial charge < -0.3 is 10.6 Å². The Morgan fingerprint density at radius 3 is 2.05 bits per heavy atom. The highest BCUT2D eigenvalue weighted by Gasteiger charge is 2.70. The van der Waals surface area contributed by atoms with Crippen LogP contribution in [0.1, 0.15) is 13.3 Å². The quantitative estimate of drug-likeness (QED) is 0.800. The van der Waals surface area contributed by atoms with E-state index in [0.29, 0.717) is 6.92 Å². The van der Waals surface area contributed by atoms with E-state index in [-0.39, 0.29) is 5.69 Å². The van der Waals surface area contributed by atoms with Gasteiger partial charge in [-0.3, -0.25) is 0 Å². The third-order valence-corrected chi connectivity index (χ3v) is 2.91. The molecule has 22 heavy (non-hydrogen) atoms. The normalized spacial score (nSPS) is 12.9. The average Bonchev–Trinajstić information content (AvgIpc) is 2.32. The third-order valence-electron chi connectivity index (χ3n) is 2.91. The molecule has 1 aromatic rings. The minimum Gasteiger partial charge on any atom is -0.316 e. The van der Waals surface area contributed by atoms with Gasteiger partial charge >= 0.3 is 18.4 Å². The molecule has 0 spiro atoms. The fourth-order valence-corrected chi connectivity index (χ4v) is 1.71. The van der Waals surface area contributed by atoms with E-state index in [1.165, 1.54) is 0 Å². The van der Waals surface area contributed by atoms with Crippen molar-refractivity contribution >= 4 is 11.7 Å². The second kappa shape index (κ2) is 6.01. The number of hydrogen-bond donors (Lipinski definition) is 2. The fraction of sp³-hybridized carbons (Fsp3) is 0.417. The molecule has 0 fully saturated rings. The van der Waals surface area contributed by atoms with Crippen molar-refractivity contribution in [2.24, 2.45) is 0 Å². The Hall–Kier alpha value is -2.00. The lowest BCUT2D eigenvalue weighted by Gasteiger charge is -2.37. The van der Waals surface area contributed by atoms with E-state index >= 15 is 0 Å². The lowest BCUT2D eigenvalue weighted by molar-refractivity contribution is -0.304. The van der Waals surface area contributed by atoms with Crippen molar-refractivity contribution in [3.05, 3.63) is 30.1 Å². The summed E-state index contributed by atoms with van der Waals surface area (Å²) in [5.74, 6) is -0.814. The molecule has 0 saturated carbocycles. The Morgan fingerprint density at radius 1 is 1.09 bits per heavy atom. The number of urea groups is 1. The Labute approximate surface area is 120 Å². The van der Waals surface area contributed by atoms with Crippen molar-refractivity contribution in [1.29, 1.82) is 0 Å². The van der Waals surface area contributed by atoms with Crippen molar-refractivity contribution in [2.75, 3.05) is 5.32 Å². The first-order valence-electron chi connectivity index (χ1n) is 5.91. The molecule has 0 bridgehead atoms. The smallest absolute Gasteiger partial charge is 0.316 e. The Morgan fingerprint density at radius 2 is 1.64 bits per heavy atom. The Balaban J connectivity index is 3.03. The molecular formula is C12H11F7N2O. The van der Waals surface area contributed by atoms with Gasteiger partial charge in [0.05, 0.1) is 0 Å². The molecule has 10 heteroatoms. The Bertz CT molecular complexity index is 525. The summed E-state index contributed by atoms with van der Waals surface area (Å²) in [6, 6.07) is 2.23. The highest BCUT2D eigenvalue weighted by molar-refractivity contribution is 5.89. The molecule has 0 unspecified atom stereocenters. The van der Waals surface area contributed by atoms with E-state index in [4.69, 9.17) is 0 Å². The number of benzene rings is 1. The van der Waals surface area contributed by atoms with Crippen molar-refractivity contribution in [3.8, 4) is 0 Å².